The number of fused-ring (bicyclic) bond motifs is 1. The first-order valence-corrected chi connectivity index (χ1v) is 11.3. The Labute approximate surface area is 195 Å². The summed E-state index contributed by atoms with van der Waals surface area (Å²) < 4.78 is 31.5. The monoisotopic (exact) mass is 491 g/mol. The van der Waals surface area contributed by atoms with Crippen LogP contribution in [0.1, 0.15) is 12.5 Å². The number of rotatable bonds is 5. The molecule has 2 amide bonds. The number of nitrogens with zero attached hydrogens (tertiary/aromatic N) is 3. The number of benzene rings is 2. The molecule has 0 saturated heterocycles. The van der Waals surface area contributed by atoms with Gasteiger partial charge in [-0.15, -0.1) is 0 Å². The third kappa shape index (κ3) is 6.54. The van der Waals surface area contributed by atoms with Crippen LogP contribution in [-0.4, -0.2) is 44.6 Å². The maximum Gasteiger partial charge on any atom is 0.430 e. The number of urea groups is 1. The average molecular weight is 491 g/mol. The van der Waals surface area contributed by atoms with Gasteiger partial charge in [-0.25, -0.2) is 9.78 Å². The SMILES string of the molecule is CCN(Cc1ccccc1)C(=O)Nc1ccc2nc(-[s+]3ccnc3)[nH]c2c1.O=C([O-])C(F)(F)F. The van der Waals surface area contributed by atoms with Crippen molar-refractivity contribution < 1.29 is 27.9 Å². The van der Waals surface area contributed by atoms with E-state index in [0.717, 1.165) is 27.4 Å². The number of hydrogen-bond donors (Lipinski definition) is 2. The number of carboxylic acid groups (broad SMARTS) is 1. The highest BCUT2D eigenvalue weighted by Gasteiger charge is 2.28. The Morgan fingerprint density at radius 1 is 1.18 bits per heavy atom. The fourth-order valence-electron chi connectivity index (χ4n) is 2.86. The second-order valence-corrected chi connectivity index (χ2v) is 8.51. The van der Waals surface area contributed by atoms with Crippen molar-refractivity contribution in [2.45, 2.75) is 19.6 Å². The zero-order valence-electron chi connectivity index (χ0n) is 17.9. The van der Waals surface area contributed by atoms with Crippen LogP contribution < -0.4 is 10.4 Å². The maximum atomic E-state index is 12.7. The lowest BCUT2D eigenvalue weighted by molar-refractivity contribution is -0.344. The molecule has 0 fully saturated rings. The molecule has 1 unspecified atom stereocenters. The normalized spacial score (nSPS) is 11.5. The van der Waals surface area contributed by atoms with E-state index in [9.17, 15) is 18.0 Å². The summed E-state index contributed by atoms with van der Waals surface area (Å²) in [5.74, 6) is -3.01. The smallest absolute Gasteiger partial charge is 0.430 e. The van der Waals surface area contributed by atoms with Gasteiger partial charge in [0.25, 0.3) is 0 Å². The fraction of sp³-hybridized carbons (Fsp3) is 0.182. The number of nitrogens with one attached hydrogen (secondary N) is 2. The number of anilines is 1. The van der Waals surface area contributed by atoms with Gasteiger partial charge in [0.15, 0.2) is 5.38 Å². The lowest BCUT2D eigenvalue weighted by Gasteiger charge is -2.21. The number of imidazole rings is 1. The highest BCUT2D eigenvalue weighted by atomic mass is 32.2. The van der Waals surface area contributed by atoms with E-state index in [0.29, 0.717) is 13.1 Å². The highest BCUT2D eigenvalue weighted by Crippen LogP contribution is 2.29. The number of aromatic amines is 1. The van der Waals surface area contributed by atoms with Crippen LogP contribution in [-0.2, 0) is 11.3 Å². The standard InChI is InChI=1S/C20H19N5OS.C2HF3O2/c1-2-25(13-15-6-4-3-5-7-15)20(26)22-16-8-9-17-18(12-16)24-19(23-17)27-11-10-21-14-27;3-2(4,5)1(6)7/h3-12,14H,2,13H2,1H3,(H-,22,23,24,26);(H,6,7). The predicted molar refractivity (Wildman–Crippen MR) is 120 cm³/mol. The summed E-state index contributed by atoms with van der Waals surface area (Å²) in [5.41, 5.74) is 5.50. The van der Waals surface area contributed by atoms with Crippen molar-refractivity contribution in [2.75, 3.05) is 11.9 Å². The molecule has 0 aliphatic heterocycles. The van der Waals surface area contributed by atoms with Gasteiger partial charge in [-0.1, -0.05) is 30.3 Å². The molecule has 178 valence electrons. The van der Waals surface area contributed by atoms with Gasteiger partial charge < -0.3 is 20.1 Å². The fourth-order valence-corrected chi connectivity index (χ4v) is 3.99. The summed E-state index contributed by atoms with van der Waals surface area (Å²) >= 11 is 0. The van der Waals surface area contributed by atoms with Crippen LogP contribution in [0.25, 0.3) is 16.2 Å². The van der Waals surface area contributed by atoms with Gasteiger partial charge in [0, 0.05) is 18.8 Å². The Bertz CT molecular complexity index is 1240. The van der Waals surface area contributed by atoms with E-state index in [1.165, 1.54) is 0 Å². The van der Waals surface area contributed by atoms with E-state index in [4.69, 9.17) is 9.90 Å². The molecule has 0 radical (unpaired) electrons. The van der Waals surface area contributed by atoms with Crippen molar-refractivity contribution in [1.82, 2.24) is 19.9 Å². The van der Waals surface area contributed by atoms with E-state index in [-0.39, 0.29) is 16.5 Å². The second-order valence-electron chi connectivity index (χ2n) is 6.90. The van der Waals surface area contributed by atoms with E-state index in [1.54, 1.807) is 11.1 Å². The van der Waals surface area contributed by atoms with Crippen LogP contribution in [0.4, 0.5) is 23.7 Å². The summed E-state index contributed by atoms with van der Waals surface area (Å²) in [6.45, 7) is 3.18. The number of thiazole rings is 1. The van der Waals surface area contributed by atoms with E-state index < -0.39 is 12.1 Å². The number of amides is 2. The molecule has 2 N–H and O–H groups in total. The van der Waals surface area contributed by atoms with Gasteiger partial charge in [-0.05, 0) is 30.7 Å². The quantitative estimate of drug-likeness (QED) is 0.409. The molecule has 2 heterocycles. The lowest BCUT2D eigenvalue weighted by Crippen LogP contribution is -2.37. The highest BCUT2D eigenvalue weighted by molar-refractivity contribution is 7.36. The van der Waals surface area contributed by atoms with E-state index >= 15 is 0 Å². The Morgan fingerprint density at radius 3 is 2.47 bits per heavy atom. The van der Waals surface area contributed by atoms with Gasteiger partial charge in [-0.2, -0.15) is 18.2 Å². The van der Waals surface area contributed by atoms with Gasteiger partial charge in [-0.3, -0.25) is 4.98 Å². The molecule has 8 nitrogen and oxygen atoms in total. The number of aromatic nitrogens is 3. The minimum absolute atomic E-state index is 0.117. The Balaban J connectivity index is 0.000000406. The molecule has 34 heavy (non-hydrogen) atoms. The molecule has 0 saturated carbocycles. The second kappa shape index (κ2) is 10.8. The van der Waals surface area contributed by atoms with Crippen LogP contribution >= 0.6 is 10.5 Å². The summed E-state index contributed by atoms with van der Waals surface area (Å²) in [4.78, 5) is 35.3. The largest absolute Gasteiger partial charge is 0.542 e. The first-order chi connectivity index (χ1) is 16.2. The lowest BCUT2D eigenvalue weighted by atomic mass is 10.2. The molecule has 4 rings (SSSR count). The minimum atomic E-state index is -5.19. The Morgan fingerprint density at radius 2 is 1.88 bits per heavy atom. The number of hydrogen-bond acceptors (Lipinski definition) is 5. The van der Waals surface area contributed by atoms with Crippen LogP contribution in [0.2, 0.25) is 0 Å². The molecular weight excluding hydrogens is 471 g/mol. The van der Waals surface area contributed by atoms with Crippen molar-refractivity contribution >= 4 is 39.2 Å². The summed E-state index contributed by atoms with van der Waals surface area (Å²) in [6, 6.07) is 15.6. The number of aliphatic carboxylic acids is 1. The number of halogens is 3. The minimum Gasteiger partial charge on any atom is -0.542 e. The molecule has 4 aromatic rings. The summed E-state index contributed by atoms with van der Waals surface area (Å²) in [7, 11) is -0.207. The molecule has 1 atom stereocenters. The van der Waals surface area contributed by atoms with E-state index in [1.807, 2.05) is 66.3 Å². The van der Waals surface area contributed by atoms with Crippen molar-refractivity contribution in [2.24, 2.45) is 0 Å². The molecule has 2 aromatic heterocycles. The first-order valence-electron chi connectivity index (χ1n) is 9.97. The topological polar surface area (TPSA) is 114 Å². The maximum absolute atomic E-state index is 12.7. The van der Waals surface area contributed by atoms with Crippen LogP contribution in [0.5, 0.6) is 0 Å². The van der Waals surface area contributed by atoms with Gasteiger partial charge in [0.2, 0.25) is 5.51 Å². The number of alkyl halides is 3. The Hall–Kier alpha value is -3.93. The Kier molecular flexibility index (Phi) is 7.84. The number of carbonyl (C=O) groups is 2. The predicted octanol–water partition coefficient (Wildman–Crippen LogP) is 4.05. The van der Waals surface area contributed by atoms with Gasteiger partial charge in [0.05, 0.1) is 27.7 Å². The molecule has 2 aromatic carbocycles. The number of H-pyrrole nitrogens is 1. The van der Waals surface area contributed by atoms with Crippen molar-refractivity contribution in [3.63, 3.8) is 0 Å². The van der Waals surface area contributed by atoms with Crippen LogP contribution in [0, 0.1) is 0 Å². The summed E-state index contributed by atoms with van der Waals surface area (Å²) in [5, 5.41) is 14.7. The average Bonchev–Trinajstić information content (AvgIpc) is 3.47. The van der Waals surface area contributed by atoms with Crippen LogP contribution in [0.15, 0.2) is 65.6 Å². The molecule has 0 bridgehead atoms. The number of carboxylic acids is 1. The molecule has 12 heteroatoms. The number of carbonyl (C=O) groups excluding carboxylic acids is 2. The van der Waals surface area contributed by atoms with Crippen molar-refractivity contribution in [3.8, 4) is 5.16 Å². The zero-order valence-corrected chi connectivity index (χ0v) is 18.7. The summed E-state index contributed by atoms with van der Waals surface area (Å²) in [6.07, 6.45) is -3.41. The molecular formula is C22H20F3N5O3S. The third-order valence-corrected chi connectivity index (χ3v) is 5.92. The van der Waals surface area contributed by atoms with Gasteiger partial charge in [0.1, 0.15) is 5.97 Å². The molecule has 0 aliphatic rings. The van der Waals surface area contributed by atoms with Crippen LogP contribution in [0.3, 0.4) is 0 Å². The zero-order chi connectivity index (χ0) is 24.7. The van der Waals surface area contributed by atoms with Gasteiger partial charge >= 0.3 is 17.4 Å². The van der Waals surface area contributed by atoms with E-state index in [2.05, 4.69) is 20.3 Å². The first kappa shape index (κ1) is 24.7. The molecule has 0 spiro atoms. The molecule has 0 aliphatic carbocycles. The third-order valence-electron chi connectivity index (χ3n) is 4.52. The van der Waals surface area contributed by atoms with Crippen molar-refractivity contribution in [3.05, 3.63) is 71.2 Å². The van der Waals surface area contributed by atoms with Crippen molar-refractivity contribution in [1.29, 1.82) is 0 Å².